The molecule has 1 aromatic rings. The van der Waals surface area contributed by atoms with Crippen LogP contribution in [0.2, 0.25) is 0 Å². The summed E-state index contributed by atoms with van der Waals surface area (Å²) in [6.45, 7) is 1.30. The van der Waals surface area contributed by atoms with Gasteiger partial charge in [-0.15, -0.1) is 11.3 Å². The second kappa shape index (κ2) is 5.25. The summed E-state index contributed by atoms with van der Waals surface area (Å²) in [5.74, 6) is -0.325. The molecule has 0 bridgehead atoms. The highest BCUT2D eigenvalue weighted by Crippen LogP contribution is 2.29. The molecule has 0 aromatic carbocycles. The lowest BCUT2D eigenvalue weighted by molar-refractivity contribution is -0.117. The molecule has 0 aliphatic carbocycles. The second-order valence-corrected chi connectivity index (χ2v) is 4.37. The maximum atomic E-state index is 10.5. The lowest BCUT2D eigenvalue weighted by Crippen LogP contribution is -2.07. The molecule has 0 radical (unpaired) electrons. The van der Waals surface area contributed by atoms with Gasteiger partial charge in [0.1, 0.15) is 0 Å². The van der Waals surface area contributed by atoms with Gasteiger partial charge >= 0.3 is 0 Å². The van der Waals surface area contributed by atoms with Gasteiger partial charge < -0.3 is 15.2 Å². The molecular weight excluding hydrogens is 226 g/mol. The van der Waals surface area contributed by atoms with E-state index in [1.54, 1.807) is 17.4 Å². The van der Waals surface area contributed by atoms with E-state index in [2.05, 4.69) is 0 Å². The van der Waals surface area contributed by atoms with E-state index in [9.17, 15) is 4.79 Å². The monoisotopic (exact) mass is 239 g/mol. The summed E-state index contributed by atoms with van der Waals surface area (Å²) in [5, 5.41) is 2.00. The number of amides is 1. The van der Waals surface area contributed by atoms with Crippen molar-refractivity contribution in [1.29, 1.82) is 0 Å². The SMILES string of the molecule is NC(=O)CC=Cc1csc(C2OCCO2)c1. The summed E-state index contributed by atoms with van der Waals surface area (Å²) in [5.41, 5.74) is 6.08. The van der Waals surface area contributed by atoms with Gasteiger partial charge in [0.2, 0.25) is 5.91 Å². The molecule has 86 valence electrons. The third kappa shape index (κ3) is 2.91. The standard InChI is InChI=1S/C11H13NO3S/c12-10(13)3-1-2-8-6-9(16-7-8)11-14-4-5-15-11/h1-2,6-7,11H,3-5H2,(H2,12,13). The number of primary amides is 1. The first-order valence-electron chi connectivity index (χ1n) is 5.02. The van der Waals surface area contributed by atoms with Crippen LogP contribution in [0.3, 0.4) is 0 Å². The highest BCUT2D eigenvalue weighted by Gasteiger charge is 2.19. The van der Waals surface area contributed by atoms with Gasteiger partial charge in [-0.05, 0) is 17.0 Å². The van der Waals surface area contributed by atoms with E-state index in [1.165, 1.54) is 0 Å². The Balaban J connectivity index is 1.96. The van der Waals surface area contributed by atoms with Crippen LogP contribution in [-0.4, -0.2) is 19.1 Å². The van der Waals surface area contributed by atoms with Gasteiger partial charge in [-0.1, -0.05) is 12.2 Å². The molecule has 1 saturated heterocycles. The lowest BCUT2D eigenvalue weighted by Gasteiger charge is -2.04. The maximum absolute atomic E-state index is 10.5. The second-order valence-electron chi connectivity index (χ2n) is 3.43. The number of hydrogen-bond acceptors (Lipinski definition) is 4. The summed E-state index contributed by atoms with van der Waals surface area (Å²) >= 11 is 1.59. The number of hydrogen-bond donors (Lipinski definition) is 1. The average Bonchev–Trinajstić information content (AvgIpc) is 2.85. The minimum absolute atomic E-state index is 0.219. The molecule has 5 heteroatoms. The number of nitrogens with two attached hydrogens (primary N) is 1. The zero-order valence-electron chi connectivity index (χ0n) is 8.72. The van der Waals surface area contributed by atoms with Gasteiger partial charge in [0.05, 0.1) is 18.1 Å². The fourth-order valence-electron chi connectivity index (χ4n) is 1.41. The molecule has 1 aliphatic rings. The Hall–Kier alpha value is -1.17. The predicted molar refractivity (Wildman–Crippen MR) is 61.8 cm³/mol. The molecule has 2 N–H and O–H groups in total. The Labute approximate surface area is 97.7 Å². The maximum Gasteiger partial charge on any atom is 0.221 e. The van der Waals surface area contributed by atoms with Crippen molar-refractivity contribution < 1.29 is 14.3 Å². The number of ether oxygens (including phenoxy) is 2. The smallest absolute Gasteiger partial charge is 0.221 e. The first-order valence-corrected chi connectivity index (χ1v) is 5.90. The van der Waals surface area contributed by atoms with Crippen LogP contribution in [0.1, 0.15) is 23.2 Å². The molecular formula is C11H13NO3S. The Morgan fingerprint density at radius 1 is 1.56 bits per heavy atom. The highest BCUT2D eigenvalue weighted by molar-refractivity contribution is 7.10. The van der Waals surface area contributed by atoms with Crippen molar-refractivity contribution in [2.75, 3.05) is 13.2 Å². The topological polar surface area (TPSA) is 61.6 Å². The predicted octanol–water partition coefficient (Wildman–Crippen LogP) is 1.68. The lowest BCUT2D eigenvalue weighted by atomic mass is 10.2. The van der Waals surface area contributed by atoms with Crippen molar-refractivity contribution in [3.8, 4) is 0 Å². The molecule has 16 heavy (non-hydrogen) atoms. The average molecular weight is 239 g/mol. The zero-order valence-corrected chi connectivity index (χ0v) is 9.53. The Kier molecular flexibility index (Phi) is 3.71. The van der Waals surface area contributed by atoms with Crippen molar-refractivity contribution in [2.24, 2.45) is 5.73 Å². The summed E-state index contributed by atoms with van der Waals surface area (Å²) in [7, 11) is 0. The van der Waals surface area contributed by atoms with Gasteiger partial charge in [0.25, 0.3) is 0 Å². The van der Waals surface area contributed by atoms with Gasteiger partial charge in [-0.2, -0.15) is 0 Å². The molecule has 0 atom stereocenters. The van der Waals surface area contributed by atoms with Gasteiger partial charge in [0.15, 0.2) is 6.29 Å². The molecule has 1 fully saturated rings. The first-order chi connectivity index (χ1) is 7.75. The summed E-state index contributed by atoms with van der Waals surface area (Å²) < 4.78 is 10.8. The Morgan fingerprint density at radius 3 is 3.00 bits per heavy atom. The van der Waals surface area contributed by atoms with Crippen molar-refractivity contribution in [1.82, 2.24) is 0 Å². The number of carbonyl (C=O) groups excluding carboxylic acids is 1. The third-order valence-corrected chi connectivity index (χ3v) is 3.10. The normalized spacial score (nSPS) is 17.2. The van der Waals surface area contributed by atoms with E-state index >= 15 is 0 Å². The molecule has 0 saturated carbocycles. The van der Waals surface area contributed by atoms with Crippen LogP contribution in [0, 0.1) is 0 Å². The van der Waals surface area contributed by atoms with E-state index in [0.29, 0.717) is 13.2 Å². The van der Waals surface area contributed by atoms with Crippen LogP contribution >= 0.6 is 11.3 Å². The number of rotatable bonds is 4. The van der Waals surface area contributed by atoms with Crippen LogP contribution in [0.5, 0.6) is 0 Å². The van der Waals surface area contributed by atoms with E-state index in [0.717, 1.165) is 10.4 Å². The Morgan fingerprint density at radius 2 is 2.31 bits per heavy atom. The zero-order chi connectivity index (χ0) is 11.4. The number of carbonyl (C=O) groups is 1. The van der Waals surface area contributed by atoms with E-state index in [4.69, 9.17) is 15.2 Å². The fourth-order valence-corrected chi connectivity index (χ4v) is 2.28. The van der Waals surface area contributed by atoms with Crippen LogP contribution in [-0.2, 0) is 14.3 Å². The van der Waals surface area contributed by atoms with Crippen LogP contribution < -0.4 is 5.73 Å². The molecule has 0 unspecified atom stereocenters. The van der Waals surface area contributed by atoms with Crippen molar-refractivity contribution in [2.45, 2.75) is 12.7 Å². The quantitative estimate of drug-likeness (QED) is 0.869. The van der Waals surface area contributed by atoms with Crippen molar-refractivity contribution in [3.05, 3.63) is 28.0 Å². The molecule has 1 amide bonds. The van der Waals surface area contributed by atoms with E-state index < -0.39 is 0 Å². The molecule has 2 rings (SSSR count). The van der Waals surface area contributed by atoms with Crippen molar-refractivity contribution in [3.63, 3.8) is 0 Å². The van der Waals surface area contributed by atoms with Crippen LogP contribution in [0.4, 0.5) is 0 Å². The molecule has 1 aliphatic heterocycles. The Bertz CT molecular complexity index is 394. The molecule has 4 nitrogen and oxygen atoms in total. The highest BCUT2D eigenvalue weighted by atomic mass is 32.1. The van der Waals surface area contributed by atoms with E-state index in [-0.39, 0.29) is 18.6 Å². The minimum Gasteiger partial charge on any atom is -0.369 e. The van der Waals surface area contributed by atoms with Crippen LogP contribution in [0.25, 0.3) is 6.08 Å². The van der Waals surface area contributed by atoms with Crippen LogP contribution in [0.15, 0.2) is 17.5 Å². The van der Waals surface area contributed by atoms with Gasteiger partial charge in [0, 0.05) is 6.42 Å². The largest absolute Gasteiger partial charge is 0.369 e. The third-order valence-electron chi connectivity index (χ3n) is 2.12. The van der Waals surface area contributed by atoms with E-state index in [1.807, 2.05) is 17.5 Å². The number of thiophene rings is 1. The molecule has 0 spiro atoms. The van der Waals surface area contributed by atoms with Crippen molar-refractivity contribution >= 4 is 23.3 Å². The van der Waals surface area contributed by atoms with Gasteiger partial charge in [-0.25, -0.2) is 0 Å². The molecule has 2 heterocycles. The molecule has 1 aromatic heterocycles. The van der Waals surface area contributed by atoms with Gasteiger partial charge in [-0.3, -0.25) is 4.79 Å². The summed E-state index contributed by atoms with van der Waals surface area (Å²) in [6.07, 6.45) is 3.68. The first kappa shape index (κ1) is 11.3. The summed E-state index contributed by atoms with van der Waals surface area (Å²) in [4.78, 5) is 11.6. The fraction of sp³-hybridized carbons (Fsp3) is 0.364. The summed E-state index contributed by atoms with van der Waals surface area (Å²) in [6, 6.07) is 2.00. The minimum atomic E-state index is -0.325.